The fourth-order valence-electron chi connectivity index (χ4n) is 4.42. The summed E-state index contributed by atoms with van der Waals surface area (Å²) in [5, 5.41) is 3.25. The van der Waals surface area contributed by atoms with Crippen LogP contribution in [0.4, 0.5) is 17.3 Å². The van der Waals surface area contributed by atoms with E-state index in [0.717, 1.165) is 60.9 Å². The second-order valence-electron chi connectivity index (χ2n) is 8.80. The molecular formula is C26H29N5O3. The first-order chi connectivity index (χ1) is 16.5. The van der Waals surface area contributed by atoms with Crippen molar-refractivity contribution in [2.45, 2.75) is 19.8 Å². The van der Waals surface area contributed by atoms with Gasteiger partial charge in [0.15, 0.2) is 5.78 Å². The quantitative estimate of drug-likeness (QED) is 0.587. The summed E-state index contributed by atoms with van der Waals surface area (Å²) in [6.07, 6.45) is 2.99. The maximum Gasteiger partial charge on any atom is 0.230 e. The molecule has 0 unspecified atom stereocenters. The minimum atomic E-state index is 0.112. The maximum atomic E-state index is 12.4. The summed E-state index contributed by atoms with van der Waals surface area (Å²) in [7, 11) is 3.80. The molecule has 0 radical (unpaired) electrons. The second-order valence-corrected chi connectivity index (χ2v) is 8.80. The lowest BCUT2D eigenvalue weighted by molar-refractivity contribution is 0.0992. The minimum absolute atomic E-state index is 0.112. The van der Waals surface area contributed by atoms with Gasteiger partial charge in [-0.05, 0) is 44.2 Å². The van der Waals surface area contributed by atoms with Gasteiger partial charge in [0.05, 0.1) is 18.4 Å². The number of piperazine rings is 1. The van der Waals surface area contributed by atoms with E-state index in [1.807, 2.05) is 37.3 Å². The van der Waals surface area contributed by atoms with Gasteiger partial charge in [0.1, 0.15) is 11.5 Å². The van der Waals surface area contributed by atoms with Crippen molar-refractivity contribution in [3.63, 3.8) is 0 Å². The molecule has 8 heteroatoms. The number of anilines is 3. The van der Waals surface area contributed by atoms with Gasteiger partial charge < -0.3 is 24.6 Å². The van der Waals surface area contributed by atoms with Gasteiger partial charge in [-0.3, -0.25) is 4.79 Å². The number of nitrogens with zero attached hydrogens (tertiary/aromatic N) is 4. The number of ether oxygens (including phenoxy) is 2. The Balaban J connectivity index is 1.37. The number of fused-ring (bicyclic) bond motifs is 1. The maximum absolute atomic E-state index is 12.4. The van der Waals surface area contributed by atoms with Crippen molar-refractivity contribution in [1.29, 1.82) is 0 Å². The van der Waals surface area contributed by atoms with Gasteiger partial charge in [0.2, 0.25) is 11.8 Å². The summed E-state index contributed by atoms with van der Waals surface area (Å²) < 4.78 is 11.8. The Labute approximate surface area is 199 Å². The van der Waals surface area contributed by atoms with Crippen molar-refractivity contribution in [1.82, 2.24) is 14.9 Å². The summed E-state index contributed by atoms with van der Waals surface area (Å²) in [5.74, 6) is 2.18. The third-order valence-corrected chi connectivity index (χ3v) is 6.44. The molecule has 1 aliphatic heterocycles. The summed E-state index contributed by atoms with van der Waals surface area (Å²) in [5.41, 5.74) is 4.37. The van der Waals surface area contributed by atoms with Gasteiger partial charge in [-0.25, -0.2) is 4.98 Å². The number of benzene rings is 2. The van der Waals surface area contributed by atoms with Crippen LogP contribution >= 0.6 is 0 Å². The fourth-order valence-corrected chi connectivity index (χ4v) is 4.42. The van der Waals surface area contributed by atoms with Crippen LogP contribution in [-0.4, -0.2) is 61.0 Å². The van der Waals surface area contributed by atoms with Crippen molar-refractivity contribution < 1.29 is 14.3 Å². The fraction of sp³-hybridized carbons (Fsp3) is 0.346. The number of Topliss-reactive ketones (excluding diaryl/α,β-unsaturated/α-hetero) is 1. The number of rotatable bonds is 6. The van der Waals surface area contributed by atoms with Crippen molar-refractivity contribution in [3.8, 4) is 17.4 Å². The molecule has 1 saturated heterocycles. The number of nitrogens with one attached hydrogen (secondary N) is 1. The summed E-state index contributed by atoms with van der Waals surface area (Å²) in [6, 6.07) is 11.8. The van der Waals surface area contributed by atoms with Crippen molar-refractivity contribution in [2.75, 3.05) is 50.6 Å². The average molecular weight is 460 g/mol. The number of carbonyl (C=O) groups is 1. The Morgan fingerprint density at radius 1 is 1.03 bits per heavy atom. The lowest BCUT2D eigenvalue weighted by atomic mass is 10.1. The van der Waals surface area contributed by atoms with Gasteiger partial charge in [-0.1, -0.05) is 12.1 Å². The van der Waals surface area contributed by atoms with Crippen molar-refractivity contribution in [3.05, 3.63) is 59.3 Å². The van der Waals surface area contributed by atoms with Crippen LogP contribution in [0.3, 0.4) is 0 Å². The molecule has 2 aromatic carbocycles. The minimum Gasteiger partial charge on any atom is -0.494 e. The zero-order valence-corrected chi connectivity index (χ0v) is 19.8. The Hall–Kier alpha value is -3.65. The predicted octanol–water partition coefficient (Wildman–Crippen LogP) is 4.21. The van der Waals surface area contributed by atoms with E-state index in [4.69, 9.17) is 9.47 Å². The molecule has 8 nitrogen and oxygen atoms in total. The van der Waals surface area contributed by atoms with Crippen molar-refractivity contribution in [2.24, 2.45) is 0 Å². The van der Waals surface area contributed by atoms with Crippen LogP contribution in [0, 0.1) is 6.92 Å². The predicted molar refractivity (Wildman–Crippen MR) is 132 cm³/mol. The summed E-state index contributed by atoms with van der Waals surface area (Å²) >= 11 is 0. The number of likely N-dealkylation sites (N-methyl/N-ethyl adjacent to an activating group) is 1. The van der Waals surface area contributed by atoms with Crippen LogP contribution in [0.15, 0.2) is 42.6 Å². The van der Waals surface area contributed by atoms with E-state index in [0.29, 0.717) is 29.6 Å². The van der Waals surface area contributed by atoms with Crippen LogP contribution in [0.1, 0.15) is 27.9 Å². The zero-order valence-electron chi connectivity index (χ0n) is 19.8. The number of ketones is 1. The average Bonchev–Trinajstić information content (AvgIpc) is 3.23. The highest BCUT2D eigenvalue weighted by atomic mass is 16.5. The number of hydrogen-bond donors (Lipinski definition) is 1. The van der Waals surface area contributed by atoms with E-state index in [2.05, 4.69) is 38.2 Å². The molecule has 3 aromatic rings. The molecule has 34 heavy (non-hydrogen) atoms. The van der Waals surface area contributed by atoms with Crippen LogP contribution in [0.25, 0.3) is 0 Å². The normalized spacial score (nSPS) is 15.9. The van der Waals surface area contributed by atoms with Gasteiger partial charge in [0.25, 0.3) is 0 Å². The smallest absolute Gasteiger partial charge is 0.230 e. The topological polar surface area (TPSA) is 79.8 Å². The molecule has 1 aromatic heterocycles. The number of hydrogen-bond acceptors (Lipinski definition) is 8. The van der Waals surface area contributed by atoms with Crippen LogP contribution in [0.2, 0.25) is 0 Å². The molecule has 0 bridgehead atoms. The van der Waals surface area contributed by atoms with Gasteiger partial charge >= 0.3 is 0 Å². The molecule has 1 aliphatic carbocycles. The Bertz CT molecular complexity index is 1220. The molecule has 5 rings (SSSR count). The van der Waals surface area contributed by atoms with E-state index in [1.54, 1.807) is 13.3 Å². The number of aromatic nitrogens is 2. The van der Waals surface area contributed by atoms with Gasteiger partial charge in [-0.2, -0.15) is 4.98 Å². The standard InChI is InChI=1S/C26H29N5O3/c1-17-16-27-26(29-25(17)34-22-6-4-5-18-7-10-21(32)24(18)22)28-20-9-8-19(15-23(20)33-3)31-13-11-30(2)12-14-31/h4-6,8-9,15-16H,7,10-14H2,1-3H3,(H,27,28,29). The molecule has 0 amide bonds. The van der Waals surface area contributed by atoms with E-state index >= 15 is 0 Å². The molecular weight excluding hydrogens is 430 g/mol. The van der Waals surface area contributed by atoms with E-state index in [9.17, 15) is 4.79 Å². The van der Waals surface area contributed by atoms with Crippen LogP contribution in [-0.2, 0) is 6.42 Å². The molecule has 0 atom stereocenters. The second kappa shape index (κ2) is 9.30. The van der Waals surface area contributed by atoms with Crippen LogP contribution < -0.4 is 19.7 Å². The van der Waals surface area contributed by atoms with E-state index in [-0.39, 0.29) is 5.78 Å². The highest BCUT2D eigenvalue weighted by Crippen LogP contribution is 2.35. The number of methoxy groups -OCH3 is 1. The zero-order chi connectivity index (χ0) is 23.7. The third kappa shape index (κ3) is 4.41. The Morgan fingerprint density at radius 3 is 2.65 bits per heavy atom. The Kier molecular flexibility index (Phi) is 6.06. The molecule has 1 fully saturated rings. The lowest BCUT2D eigenvalue weighted by Crippen LogP contribution is -2.44. The molecule has 2 heterocycles. The highest BCUT2D eigenvalue weighted by molar-refractivity contribution is 6.03. The number of aryl methyl sites for hydroxylation is 2. The van der Waals surface area contributed by atoms with Gasteiger partial charge in [-0.15, -0.1) is 0 Å². The first-order valence-corrected chi connectivity index (χ1v) is 11.6. The highest BCUT2D eigenvalue weighted by Gasteiger charge is 2.24. The largest absolute Gasteiger partial charge is 0.494 e. The first-order valence-electron chi connectivity index (χ1n) is 11.6. The SMILES string of the molecule is COc1cc(N2CCN(C)CC2)ccc1Nc1ncc(C)c(Oc2cccc3c2C(=O)CC3)n1. The van der Waals surface area contributed by atoms with Crippen LogP contribution in [0.5, 0.6) is 17.4 Å². The molecule has 0 spiro atoms. The first kappa shape index (κ1) is 22.2. The summed E-state index contributed by atoms with van der Waals surface area (Å²) in [4.78, 5) is 26.0. The molecule has 2 aliphatic rings. The van der Waals surface area contributed by atoms with E-state index < -0.39 is 0 Å². The number of carbonyl (C=O) groups excluding carboxylic acids is 1. The molecule has 1 N–H and O–H groups in total. The molecule has 176 valence electrons. The Morgan fingerprint density at radius 2 is 1.85 bits per heavy atom. The van der Waals surface area contributed by atoms with E-state index in [1.165, 1.54) is 0 Å². The van der Waals surface area contributed by atoms with Crippen molar-refractivity contribution >= 4 is 23.1 Å². The lowest BCUT2D eigenvalue weighted by Gasteiger charge is -2.34. The summed E-state index contributed by atoms with van der Waals surface area (Å²) in [6.45, 7) is 5.94. The third-order valence-electron chi connectivity index (χ3n) is 6.44. The van der Waals surface area contributed by atoms with Gasteiger partial charge in [0, 0.05) is 56.1 Å². The monoisotopic (exact) mass is 459 g/mol. The molecule has 0 saturated carbocycles.